The number of aromatic nitrogens is 1. The van der Waals surface area contributed by atoms with E-state index >= 15 is 0 Å². The number of nitrogens with two attached hydrogens (primary N) is 1. The van der Waals surface area contributed by atoms with Crippen LogP contribution in [0.4, 0.5) is 22.0 Å². The summed E-state index contributed by atoms with van der Waals surface area (Å²) >= 11 is 3.21. The Morgan fingerprint density at radius 3 is 2.51 bits per heavy atom. The molecule has 13 heteroatoms. The van der Waals surface area contributed by atoms with Crippen molar-refractivity contribution in [2.75, 3.05) is 13.2 Å². The monoisotopic (exact) mass is 590 g/mol. The highest BCUT2D eigenvalue weighted by molar-refractivity contribution is 9.10. The van der Waals surface area contributed by atoms with Gasteiger partial charge in [-0.25, -0.2) is 13.8 Å². The molecule has 37 heavy (non-hydrogen) atoms. The van der Waals surface area contributed by atoms with Gasteiger partial charge in [0.05, 0.1) is 5.56 Å². The van der Waals surface area contributed by atoms with Crippen molar-refractivity contribution in [1.82, 2.24) is 4.98 Å². The van der Waals surface area contributed by atoms with E-state index in [4.69, 9.17) is 24.4 Å². The molecule has 1 aromatic heterocycles. The second-order valence-corrected chi connectivity index (χ2v) is 8.80. The number of benzene rings is 2. The predicted molar refractivity (Wildman–Crippen MR) is 122 cm³/mol. The molecule has 2 aromatic carbocycles. The van der Waals surface area contributed by atoms with Crippen LogP contribution < -0.4 is 10.5 Å². The maximum atomic E-state index is 14.6. The van der Waals surface area contributed by atoms with Gasteiger partial charge >= 0.3 is 6.18 Å². The van der Waals surface area contributed by atoms with E-state index in [2.05, 4.69) is 20.9 Å². The summed E-state index contributed by atoms with van der Waals surface area (Å²) in [4.78, 5) is 15.8. The second-order valence-electron chi connectivity index (χ2n) is 8.08. The van der Waals surface area contributed by atoms with Crippen LogP contribution in [0.5, 0.6) is 5.75 Å². The van der Waals surface area contributed by atoms with Crippen molar-refractivity contribution >= 4 is 21.8 Å². The van der Waals surface area contributed by atoms with Gasteiger partial charge in [0.15, 0.2) is 28.6 Å². The fourth-order valence-corrected chi connectivity index (χ4v) is 4.14. The van der Waals surface area contributed by atoms with Crippen molar-refractivity contribution in [3.63, 3.8) is 0 Å². The van der Waals surface area contributed by atoms with Crippen molar-refractivity contribution in [3.8, 4) is 17.0 Å². The van der Waals surface area contributed by atoms with Crippen molar-refractivity contribution in [1.29, 1.82) is 0 Å². The highest BCUT2D eigenvalue weighted by Crippen LogP contribution is 2.36. The summed E-state index contributed by atoms with van der Waals surface area (Å²) in [6.45, 7) is 0.0684. The first kappa shape index (κ1) is 27.0. The van der Waals surface area contributed by atoms with E-state index in [1.807, 2.05) is 0 Å². The molecule has 1 aliphatic heterocycles. The molecule has 0 spiro atoms. The van der Waals surface area contributed by atoms with E-state index < -0.39 is 53.0 Å². The van der Waals surface area contributed by atoms with Crippen LogP contribution in [-0.2, 0) is 15.7 Å². The third-order valence-corrected chi connectivity index (χ3v) is 6.05. The summed E-state index contributed by atoms with van der Waals surface area (Å²) in [5.41, 5.74) is 3.81. The average molecular weight is 591 g/mol. The number of hydrogen-bond donors (Lipinski definition) is 1. The Hall–Kier alpha value is -3.03. The Kier molecular flexibility index (Phi) is 8.14. The number of alkyl halides is 3. The molecular weight excluding hydrogens is 571 g/mol. The van der Waals surface area contributed by atoms with E-state index in [1.165, 1.54) is 12.1 Å². The Labute approximate surface area is 215 Å². The summed E-state index contributed by atoms with van der Waals surface area (Å²) in [5, 5.41) is 0. The molecule has 1 fully saturated rings. The first-order chi connectivity index (χ1) is 17.5. The van der Waals surface area contributed by atoms with Gasteiger partial charge in [0.1, 0.15) is 23.7 Å². The minimum Gasteiger partial charge on any atom is -0.487 e. The molecule has 198 valence electrons. The Bertz CT molecular complexity index is 1260. The maximum absolute atomic E-state index is 14.6. The molecule has 7 nitrogen and oxygen atoms in total. The third kappa shape index (κ3) is 6.28. The topological polar surface area (TPSA) is 96.8 Å². The fourth-order valence-electron chi connectivity index (χ4n) is 3.66. The largest absolute Gasteiger partial charge is 0.487 e. The van der Waals surface area contributed by atoms with Gasteiger partial charge in [-0.05, 0) is 59.5 Å². The van der Waals surface area contributed by atoms with Crippen LogP contribution in [0.2, 0.25) is 0 Å². The fraction of sp³-hybridized carbons (Fsp3) is 0.333. The van der Waals surface area contributed by atoms with Crippen LogP contribution in [-0.4, -0.2) is 30.4 Å². The summed E-state index contributed by atoms with van der Waals surface area (Å²) in [7, 11) is 0. The Balaban J connectivity index is 1.60. The highest BCUT2D eigenvalue weighted by Gasteiger charge is 2.31. The molecular formula is C24H20BrF5N2O5. The molecule has 0 radical (unpaired) electrons. The number of primary amides is 1. The molecule has 3 aromatic rings. The molecule has 2 N–H and O–H groups in total. The molecule has 0 saturated carbocycles. The molecule has 2 unspecified atom stereocenters. The smallest absolute Gasteiger partial charge is 0.416 e. The number of oxazole rings is 1. The van der Waals surface area contributed by atoms with Crippen molar-refractivity contribution in [2.24, 2.45) is 5.73 Å². The number of rotatable bonds is 8. The SMILES string of the molecule is NC(=O)c1c(F)ccc(OCC(OC2CCCCO2)c2nc(-c3ccc(C(F)(F)F)cc3)c(Br)o2)c1F. The van der Waals surface area contributed by atoms with Crippen LogP contribution >= 0.6 is 15.9 Å². The first-order valence-electron chi connectivity index (χ1n) is 11.1. The lowest BCUT2D eigenvalue weighted by atomic mass is 10.1. The number of ether oxygens (including phenoxy) is 3. The number of hydrogen-bond acceptors (Lipinski definition) is 6. The lowest BCUT2D eigenvalue weighted by Crippen LogP contribution is -2.27. The quantitative estimate of drug-likeness (QED) is 0.315. The molecule has 1 aliphatic rings. The molecule has 2 heterocycles. The number of halogens is 6. The number of carbonyl (C=O) groups excluding carboxylic acids is 1. The lowest BCUT2D eigenvalue weighted by molar-refractivity contribution is -0.199. The number of carbonyl (C=O) groups is 1. The predicted octanol–water partition coefficient (Wildman–Crippen LogP) is 6.16. The van der Waals surface area contributed by atoms with Gasteiger partial charge in [0, 0.05) is 12.2 Å². The Morgan fingerprint density at radius 1 is 1.16 bits per heavy atom. The standard InChI is InChI=1S/C24H20BrF5N2O5/c25-21-20(12-4-6-13(7-5-12)24(28,29)30)32-23(37-21)16(36-17-3-1-2-10-34-17)11-35-15-9-8-14(26)18(19(15)27)22(31)33/h4-9,16-17H,1-3,10-11H2,(H2,31,33). The van der Waals surface area contributed by atoms with E-state index in [0.29, 0.717) is 18.6 Å². The normalized spacial score (nSPS) is 17.0. The van der Waals surface area contributed by atoms with Crippen LogP contribution in [0.25, 0.3) is 11.3 Å². The zero-order valence-corrected chi connectivity index (χ0v) is 20.6. The summed E-state index contributed by atoms with van der Waals surface area (Å²) in [6.07, 6.45) is -3.98. The maximum Gasteiger partial charge on any atom is 0.416 e. The van der Waals surface area contributed by atoms with Crippen LogP contribution in [0.3, 0.4) is 0 Å². The first-order valence-corrected chi connectivity index (χ1v) is 11.9. The third-order valence-electron chi connectivity index (χ3n) is 5.51. The van der Waals surface area contributed by atoms with E-state index in [0.717, 1.165) is 37.1 Å². The van der Waals surface area contributed by atoms with Crippen LogP contribution in [0.15, 0.2) is 45.5 Å². The average Bonchev–Trinajstić information content (AvgIpc) is 3.24. The molecule has 4 rings (SSSR count). The summed E-state index contributed by atoms with van der Waals surface area (Å²) < 4.78 is 90.0. The van der Waals surface area contributed by atoms with E-state index in [9.17, 15) is 26.7 Å². The minimum absolute atomic E-state index is 0.0337. The van der Waals surface area contributed by atoms with Gasteiger partial charge < -0.3 is 24.4 Å². The van der Waals surface area contributed by atoms with Crippen LogP contribution in [0, 0.1) is 11.6 Å². The van der Waals surface area contributed by atoms with Crippen LogP contribution in [0.1, 0.15) is 47.2 Å². The number of nitrogens with zero attached hydrogens (tertiary/aromatic N) is 1. The van der Waals surface area contributed by atoms with Gasteiger partial charge in [-0.15, -0.1) is 0 Å². The minimum atomic E-state index is -4.50. The van der Waals surface area contributed by atoms with Crippen molar-refractivity contribution in [2.45, 2.75) is 37.8 Å². The lowest BCUT2D eigenvalue weighted by Gasteiger charge is -2.26. The van der Waals surface area contributed by atoms with Gasteiger partial charge in [0.2, 0.25) is 5.89 Å². The van der Waals surface area contributed by atoms with Gasteiger partial charge in [-0.3, -0.25) is 4.79 Å². The summed E-state index contributed by atoms with van der Waals surface area (Å²) in [6, 6.07) is 6.14. The van der Waals surface area contributed by atoms with Crippen molar-refractivity contribution < 1.29 is 45.4 Å². The van der Waals surface area contributed by atoms with E-state index in [1.54, 1.807) is 0 Å². The Morgan fingerprint density at radius 2 is 1.89 bits per heavy atom. The summed E-state index contributed by atoms with van der Waals surface area (Å²) in [5.74, 6) is -4.21. The number of amides is 1. The van der Waals surface area contributed by atoms with Gasteiger partial charge in [0.25, 0.3) is 5.91 Å². The molecule has 2 atom stereocenters. The molecule has 0 aliphatic carbocycles. The second kappa shape index (κ2) is 11.2. The highest BCUT2D eigenvalue weighted by atomic mass is 79.9. The zero-order valence-electron chi connectivity index (χ0n) is 19.0. The van der Waals surface area contributed by atoms with Gasteiger partial charge in [-0.1, -0.05) is 12.1 Å². The van der Waals surface area contributed by atoms with Crippen molar-refractivity contribution in [3.05, 3.63) is 69.7 Å². The zero-order chi connectivity index (χ0) is 26.7. The van der Waals surface area contributed by atoms with Gasteiger partial charge in [-0.2, -0.15) is 13.2 Å². The van der Waals surface area contributed by atoms with E-state index in [-0.39, 0.29) is 22.9 Å². The molecule has 1 amide bonds. The molecule has 0 bridgehead atoms. The molecule has 1 saturated heterocycles.